The van der Waals surface area contributed by atoms with Crippen LogP contribution in [0.1, 0.15) is 27.9 Å². The van der Waals surface area contributed by atoms with Crippen molar-refractivity contribution in [1.29, 1.82) is 0 Å². The zero-order chi connectivity index (χ0) is 21.5. The van der Waals surface area contributed by atoms with Gasteiger partial charge in [-0.2, -0.15) is 4.98 Å². The molecule has 2 N–H and O–H groups in total. The Kier molecular flexibility index (Phi) is 4.39. The fourth-order valence-corrected chi connectivity index (χ4v) is 3.49. The smallest absolute Gasteiger partial charge is 0.407 e. The van der Waals surface area contributed by atoms with Gasteiger partial charge in [-0.15, -0.1) is 0 Å². The first kappa shape index (κ1) is 18.8. The Hall–Kier alpha value is -4.21. The third kappa shape index (κ3) is 3.37. The first-order chi connectivity index (χ1) is 15.0. The highest BCUT2D eigenvalue weighted by atomic mass is 16.5. The third-order valence-electron chi connectivity index (χ3n) is 5.34. The standard InChI is InChI=1S/C21H18N6O4/c1-12-5-6-13(18-24-20(31-25-18)14-10-26(11-14)21(29)30)8-15(12)23-19(28)16-9-22-17-4-2-3-7-27(16)17/h2-9,14H,10-11H2,1H3,(H,23,28)(H,29,30). The van der Waals surface area contributed by atoms with E-state index in [9.17, 15) is 9.59 Å². The van der Waals surface area contributed by atoms with Crippen molar-refractivity contribution in [2.24, 2.45) is 0 Å². The Morgan fingerprint density at radius 2 is 2.06 bits per heavy atom. The van der Waals surface area contributed by atoms with E-state index >= 15 is 0 Å². The lowest BCUT2D eigenvalue weighted by Gasteiger charge is -2.34. The monoisotopic (exact) mass is 418 g/mol. The topological polar surface area (TPSA) is 126 Å². The van der Waals surface area contributed by atoms with E-state index in [2.05, 4.69) is 20.4 Å². The maximum atomic E-state index is 12.8. The number of hydrogen-bond acceptors (Lipinski definition) is 6. The molecule has 1 fully saturated rings. The average molecular weight is 418 g/mol. The molecule has 5 rings (SSSR count). The first-order valence-corrected chi connectivity index (χ1v) is 9.65. The molecule has 2 amide bonds. The number of aryl methyl sites for hydroxylation is 1. The summed E-state index contributed by atoms with van der Waals surface area (Å²) in [6.07, 6.45) is 2.36. The molecule has 0 saturated carbocycles. The number of nitrogens with one attached hydrogen (secondary N) is 1. The van der Waals surface area contributed by atoms with Gasteiger partial charge in [-0.05, 0) is 30.7 Å². The quantitative estimate of drug-likeness (QED) is 0.522. The van der Waals surface area contributed by atoms with Gasteiger partial charge in [0.2, 0.25) is 11.7 Å². The molecule has 3 aromatic heterocycles. The van der Waals surface area contributed by atoms with E-state index in [1.54, 1.807) is 16.7 Å². The molecular weight excluding hydrogens is 400 g/mol. The number of pyridine rings is 1. The summed E-state index contributed by atoms with van der Waals surface area (Å²) < 4.78 is 7.05. The van der Waals surface area contributed by atoms with Crippen molar-refractivity contribution < 1.29 is 19.2 Å². The molecule has 10 heteroatoms. The Morgan fingerprint density at radius 3 is 2.87 bits per heavy atom. The van der Waals surface area contributed by atoms with Gasteiger partial charge in [-0.1, -0.05) is 23.4 Å². The van der Waals surface area contributed by atoms with Crippen LogP contribution in [0.4, 0.5) is 10.5 Å². The number of anilines is 1. The molecule has 4 heterocycles. The molecule has 156 valence electrons. The van der Waals surface area contributed by atoms with Crippen molar-refractivity contribution in [3.8, 4) is 11.4 Å². The van der Waals surface area contributed by atoms with Crippen LogP contribution in [0.15, 0.2) is 53.3 Å². The number of amides is 2. The third-order valence-corrected chi connectivity index (χ3v) is 5.34. The van der Waals surface area contributed by atoms with Crippen LogP contribution in [0.25, 0.3) is 17.0 Å². The zero-order valence-electron chi connectivity index (χ0n) is 16.5. The number of carbonyl (C=O) groups excluding carboxylic acids is 1. The van der Waals surface area contributed by atoms with Crippen molar-refractivity contribution in [3.63, 3.8) is 0 Å². The molecule has 0 aliphatic carbocycles. The highest BCUT2D eigenvalue weighted by Gasteiger charge is 2.35. The van der Waals surface area contributed by atoms with E-state index in [0.29, 0.717) is 47.4 Å². The Morgan fingerprint density at radius 1 is 1.23 bits per heavy atom. The van der Waals surface area contributed by atoms with Gasteiger partial charge >= 0.3 is 6.09 Å². The number of imidazole rings is 1. The molecule has 0 unspecified atom stereocenters. The minimum absolute atomic E-state index is 0.0999. The SMILES string of the molecule is Cc1ccc(-c2noc(C3CN(C(=O)O)C3)n2)cc1NC(=O)c1cnc2ccccn12. The van der Waals surface area contributed by atoms with Crippen LogP contribution >= 0.6 is 0 Å². The lowest BCUT2D eigenvalue weighted by molar-refractivity contribution is 0.0958. The van der Waals surface area contributed by atoms with Gasteiger partial charge in [0.15, 0.2) is 0 Å². The van der Waals surface area contributed by atoms with E-state index in [0.717, 1.165) is 5.56 Å². The number of rotatable bonds is 4. The number of fused-ring (bicyclic) bond motifs is 1. The highest BCUT2D eigenvalue weighted by molar-refractivity contribution is 6.04. The van der Waals surface area contributed by atoms with Crippen LogP contribution in [0, 0.1) is 6.92 Å². The van der Waals surface area contributed by atoms with Crippen LogP contribution in [0.2, 0.25) is 0 Å². The molecule has 1 aliphatic rings. The summed E-state index contributed by atoms with van der Waals surface area (Å²) >= 11 is 0. The molecule has 10 nitrogen and oxygen atoms in total. The lowest BCUT2D eigenvalue weighted by Crippen LogP contribution is -2.47. The second kappa shape index (κ2) is 7.24. The average Bonchev–Trinajstić information content (AvgIpc) is 3.35. The zero-order valence-corrected chi connectivity index (χ0v) is 16.5. The van der Waals surface area contributed by atoms with E-state index in [-0.39, 0.29) is 11.8 Å². The Labute approximate surface area is 176 Å². The van der Waals surface area contributed by atoms with Gasteiger partial charge in [0, 0.05) is 30.5 Å². The number of carboxylic acid groups (broad SMARTS) is 1. The minimum atomic E-state index is -0.958. The number of aromatic nitrogens is 4. The normalized spacial score (nSPS) is 13.9. The van der Waals surface area contributed by atoms with Crippen LogP contribution in [-0.4, -0.2) is 54.6 Å². The Balaban J connectivity index is 1.36. The molecule has 1 saturated heterocycles. The van der Waals surface area contributed by atoms with Gasteiger partial charge < -0.3 is 19.8 Å². The second-order valence-electron chi connectivity index (χ2n) is 7.40. The molecular formula is C21H18N6O4. The lowest BCUT2D eigenvalue weighted by atomic mass is 10.0. The van der Waals surface area contributed by atoms with Gasteiger partial charge in [0.1, 0.15) is 11.3 Å². The highest BCUT2D eigenvalue weighted by Crippen LogP contribution is 2.29. The van der Waals surface area contributed by atoms with Crippen LogP contribution in [-0.2, 0) is 0 Å². The molecule has 1 aromatic carbocycles. The maximum absolute atomic E-state index is 12.8. The van der Waals surface area contributed by atoms with Crippen molar-refractivity contribution >= 4 is 23.3 Å². The van der Waals surface area contributed by atoms with Gasteiger partial charge in [0.25, 0.3) is 5.91 Å². The summed E-state index contributed by atoms with van der Waals surface area (Å²) in [4.78, 5) is 33.7. The van der Waals surface area contributed by atoms with Crippen LogP contribution in [0.3, 0.4) is 0 Å². The minimum Gasteiger partial charge on any atom is -0.465 e. The number of likely N-dealkylation sites (tertiary alicyclic amines) is 1. The molecule has 0 bridgehead atoms. The summed E-state index contributed by atoms with van der Waals surface area (Å²) in [6, 6.07) is 11.0. The summed E-state index contributed by atoms with van der Waals surface area (Å²) in [6.45, 7) is 2.57. The van der Waals surface area contributed by atoms with Crippen LogP contribution in [0.5, 0.6) is 0 Å². The van der Waals surface area contributed by atoms with Gasteiger partial charge in [-0.25, -0.2) is 9.78 Å². The predicted molar refractivity (Wildman–Crippen MR) is 110 cm³/mol. The fourth-order valence-electron chi connectivity index (χ4n) is 3.49. The number of nitrogens with zero attached hydrogens (tertiary/aromatic N) is 5. The van der Waals surface area contributed by atoms with E-state index in [4.69, 9.17) is 9.63 Å². The van der Waals surface area contributed by atoms with Gasteiger partial charge in [0.05, 0.1) is 12.1 Å². The molecule has 0 radical (unpaired) electrons. The second-order valence-corrected chi connectivity index (χ2v) is 7.40. The summed E-state index contributed by atoms with van der Waals surface area (Å²) in [5.41, 5.74) is 3.31. The van der Waals surface area contributed by atoms with Crippen molar-refractivity contribution in [2.45, 2.75) is 12.8 Å². The number of hydrogen-bond donors (Lipinski definition) is 2. The fraction of sp³-hybridized carbons (Fsp3) is 0.190. The van der Waals surface area contributed by atoms with Gasteiger partial charge in [-0.3, -0.25) is 9.20 Å². The van der Waals surface area contributed by atoms with Crippen molar-refractivity contribution in [3.05, 3.63) is 65.9 Å². The first-order valence-electron chi connectivity index (χ1n) is 9.65. The van der Waals surface area contributed by atoms with E-state index < -0.39 is 6.09 Å². The van der Waals surface area contributed by atoms with Crippen molar-refractivity contribution in [2.75, 3.05) is 18.4 Å². The summed E-state index contributed by atoms with van der Waals surface area (Å²) in [7, 11) is 0. The molecule has 31 heavy (non-hydrogen) atoms. The van der Waals surface area contributed by atoms with Crippen LogP contribution < -0.4 is 5.32 Å². The molecule has 0 atom stereocenters. The predicted octanol–water partition coefficient (Wildman–Crippen LogP) is 3.02. The molecule has 0 spiro atoms. The summed E-state index contributed by atoms with van der Waals surface area (Å²) in [5, 5.41) is 15.9. The van der Waals surface area contributed by atoms with E-state index in [1.165, 1.54) is 11.1 Å². The van der Waals surface area contributed by atoms with Crippen molar-refractivity contribution in [1.82, 2.24) is 24.4 Å². The number of benzene rings is 1. The Bertz CT molecular complexity index is 1300. The molecule has 1 aliphatic heterocycles. The number of carbonyl (C=O) groups is 2. The van der Waals surface area contributed by atoms with E-state index in [1.807, 2.05) is 37.3 Å². The molecule has 4 aromatic rings. The largest absolute Gasteiger partial charge is 0.465 e. The maximum Gasteiger partial charge on any atom is 0.407 e. The summed E-state index contributed by atoms with van der Waals surface area (Å²) in [5.74, 6) is 0.409.